The molecule has 0 saturated carbocycles. The van der Waals surface area contributed by atoms with E-state index in [1.54, 1.807) is 4.90 Å². The molecular weight excluding hydrogens is 358 g/mol. The fourth-order valence-electron chi connectivity index (χ4n) is 4.31. The minimum absolute atomic E-state index is 0.154. The molecule has 4 rings (SSSR count). The van der Waals surface area contributed by atoms with Crippen molar-refractivity contribution < 1.29 is 19.1 Å². The Bertz CT molecular complexity index is 815. The highest BCUT2D eigenvalue weighted by Crippen LogP contribution is 2.43. The summed E-state index contributed by atoms with van der Waals surface area (Å²) in [5.74, 6) is -0.665. The molecule has 3 fully saturated rings. The molecule has 1 N–H and O–H groups in total. The lowest BCUT2D eigenvalue weighted by molar-refractivity contribution is -0.134. The van der Waals surface area contributed by atoms with Gasteiger partial charge in [0.1, 0.15) is 5.60 Å². The first-order valence-corrected chi connectivity index (χ1v) is 9.81. The monoisotopic (exact) mass is 385 g/mol. The van der Waals surface area contributed by atoms with Crippen LogP contribution in [0.5, 0.6) is 0 Å². The average molecular weight is 385 g/mol. The van der Waals surface area contributed by atoms with Gasteiger partial charge in [0.15, 0.2) is 0 Å². The molecule has 3 saturated heterocycles. The van der Waals surface area contributed by atoms with Crippen LogP contribution in [0.25, 0.3) is 0 Å². The van der Waals surface area contributed by atoms with Crippen LogP contribution >= 0.6 is 0 Å². The number of ether oxygens (including phenoxy) is 1. The van der Waals surface area contributed by atoms with Gasteiger partial charge in [-0.2, -0.15) is 0 Å². The van der Waals surface area contributed by atoms with Crippen molar-refractivity contribution in [2.45, 2.75) is 45.1 Å². The van der Waals surface area contributed by atoms with Crippen LogP contribution in [-0.2, 0) is 14.3 Å². The number of anilines is 1. The summed E-state index contributed by atoms with van der Waals surface area (Å²) in [5.41, 5.74) is 1.72. The summed E-state index contributed by atoms with van der Waals surface area (Å²) >= 11 is 0. The molecule has 0 aromatic heterocycles. The third-order valence-corrected chi connectivity index (χ3v) is 5.63. The van der Waals surface area contributed by atoms with Crippen molar-refractivity contribution in [2.75, 3.05) is 31.1 Å². The number of carbonyl (C=O) groups is 3. The van der Waals surface area contributed by atoms with Crippen molar-refractivity contribution >= 4 is 23.6 Å². The summed E-state index contributed by atoms with van der Waals surface area (Å²) in [4.78, 5) is 39.7. The molecule has 3 heterocycles. The van der Waals surface area contributed by atoms with E-state index in [9.17, 15) is 14.4 Å². The number of hydrogen-bond acceptors (Lipinski definition) is 5. The summed E-state index contributed by atoms with van der Waals surface area (Å²) in [6.45, 7) is 8.87. The van der Waals surface area contributed by atoms with E-state index in [2.05, 4.69) is 16.3 Å². The zero-order valence-electron chi connectivity index (χ0n) is 16.7. The predicted molar refractivity (Wildman–Crippen MR) is 104 cm³/mol. The second-order valence-corrected chi connectivity index (χ2v) is 9.29. The maximum absolute atomic E-state index is 12.1. The number of nitrogens with one attached hydrogen (secondary N) is 1. The van der Waals surface area contributed by atoms with Gasteiger partial charge in [-0.05, 0) is 44.9 Å². The number of rotatable bonds is 2. The highest BCUT2D eigenvalue weighted by molar-refractivity contribution is 6.01. The number of hydrogen-bond donors (Lipinski definition) is 1. The molecule has 28 heavy (non-hydrogen) atoms. The Labute approximate surface area is 165 Å². The zero-order chi connectivity index (χ0) is 20.1. The number of carbonyl (C=O) groups excluding carboxylic acids is 3. The summed E-state index contributed by atoms with van der Waals surface area (Å²) < 4.78 is 5.43. The molecule has 1 aromatic carbocycles. The van der Waals surface area contributed by atoms with Crippen LogP contribution in [-0.4, -0.2) is 54.6 Å². The smallest absolute Gasteiger partial charge is 0.410 e. The van der Waals surface area contributed by atoms with Gasteiger partial charge in [-0.25, -0.2) is 4.79 Å². The Kier molecular flexibility index (Phi) is 4.36. The standard InChI is InChI=1S/C21H27N3O4/c1-20(2,3)28-19(27)24-12-21(13-24)10-23(11-21)15-6-4-5-14(9-15)16-7-8-17(25)22-18(16)26/h4-6,9,16H,7-8,10-13H2,1-3H3,(H,22,25,26). The molecule has 7 nitrogen and oxygen atoms in total. The fraction of sp³-hybridized carbons (Fsp3) is 0.571. The Morgan fingerprint density at radius 3 is 2.54 bits per heavy atom. The van der Waals surface area contributed by atoms with Crippen LogP contribution in [0.2, 0.25) is 0 Å². The van der Waals surface area contributed by atoms with Crippen LogP contribution in [0, 0.1) is 5.41 Å². The summed E-state index contributed by atoms with van der Waals surface area (Å²) in [6, 6.07) is 8.02. The normalized spacial score (nSPS) is 23.8. The first kappa shape index (κ1) is 18.8. The average Bonchev–Trinajstić information content (AvgIpc) is 2.50. The van der Waals surface area contributed by atoms with E-state index in [0.29, 0.717) is 12.8 Å². The molecule has 150 valence electrons. The number of benzene rings is 1. The Balaban J connectivity index is 1.34. The van der Waals surface area contributed by atoms with Gasteiger partial charge in [0.05, 0.1) is 5.92 Å². The summed E-state index contributed by atoms with van der Waals surface area (Å²) in [7, 11) is 0. The van der Waals surface area contributed by atoms with E-state index in [4.69, 9.17) is 4.74 Å². The maximum Gasteiger partial charge on any atom is 0.410 e. The van der Waals surface area contributed by atoms with Crippen molar-refractivity contribution in [2.24, 2.45) is 5.41 Å². The van der Waals surface area contributed by atoms with E-state index < -0.39 is 5.60 Å². The van der Waals surface area contributed by atoms with Gasteiger partial charge in [-0.15, -0.1) is 0 Å². The SMILES string of the molecule is CC(C)(C)OC(=O)N1CC2(C1)CN(c1cccc(C3CCC(=O)NC3=O)c1)C2. The third kappa shape index (κ3) is 3.57. The molecule has 3 aliphatic heterocycles. The largest absolute Gasteiger partial charge is 0.444 e. The molecule has 3 amide bonds. The molecule has 0 radical (unpaired) electrons. The van der Waals surface area contributed by atoms with Crippen LogP contribution in [0.3, 0.4) is 0 Å². The first-order valence-electron chi connectivity index (χ1n) is 9.81. The molecule has 1 atom stereocenters. The van der Waals surface area contributed by atoms with Crippen molar-refractivity contribution in [3.05, 3.63) is 29.8 Å². The molecule has 7 heteroatoms. The predicted octanol–water partition coefficient (Wildman–Crippen LogP) is 2.26. The Hall–Kier alpha value is -2.57. The number of amides is 3. The van der Waals surface area contributed by atoms with Crippen LogP contribution in [0.4, 0.5) is 10.5 Å². The topological polar surface area (TPSA) is 79.0 Å². The quantitative estimate of drug-likeness (QED) is 0.790. The second kappa shape index (κ2) is 6.50. The third-order valence-electron chi connectivity index (χ3n) is 5.63. The second-order valence-electron chi connectivity index (χ2n) is 9.29. The number of nitrogens with zero attached hydrogens (tertiary/aromatic N) is 2. The van der Waals surface area contributed by atoms with Crippen molar-refractivity contribution in [3.8, 4) is 0 Å². The highest BCUT2D eigenvalue weighted by atomic mass is 16.6. The van der Waals surface area contributed by atoms with Gasteiger partial charge in [0, 0.05) is 43.7 Å². The maximum atomic E-state index is 12.1. The number of piperidine rings is 1. The molecular formula is C21H27N3O4. The van der Waals surface area contributed by atoms with Crippen molar-refractivity contribution in [3.63, 3.8) is 0 Å². The van der Waals surface area contributed by atoms with Gasteiger partial charge in [-0.1, -0.05) is 12.1 Å². The van der Waals surface area contributed by atoms with Gasteiger partial charge >= 0.3 is 6.09 Å². The molecule has 0 aliphatic carbocycles. The van der Waals surface area contributed by atoms with Gasteiger partial charge in [0.2, 0.25) is 11.8 Å². The lowest BCUT2D eigenvalue weighted by Gasteiger charge is -2.60. The van der Waals surface area contributed by atoms with Crippen LogP contribution in [0.1, 0.15) is 45.1 Å². The Morgan fingerprint density at radius 2 is 1.89 bits per heavy atom. The summed E-state index contributed by atoms with van der Waals surface area (Å²) in [5, 5.41) is 2.43. The molecule has 3 aliphatic rings. The lowest BCUT2D eigenvalue weighted by atomic mass is 9.72. The number of imide groups is 1. The Morgan fingerprint density at radius 1 is 1.18 bits per heavy atom. The van der Waals surface area contributed by atoms with Gasteiger partial charge in [0.25, 0.3) is 0 Å². The minimum Gasteiger partial charge on any atom is -0.444 e. The van der Waals surface area contributed by atoms with E-state index in [1.807, 2.05) is 39.0 Å². The van der Waals surface area contributed by atoms with Crippen LogP contribution < -0.4 is 10.2 Å². The van der Waals surface area contributed by atoms with Gasteiger partial charge < -0.3 is 14.5 Å². The summed E-state index contributed by atoms with van der Waals surface area (Å²) in [6.07, 6.45) is 0.702. The van der Waals surface area contributed by atoms with E-state index in [0.717, 1.165) is 37.4 Å². The lowest BCUT2D eigenvalue weighted by Crippen LogP contribution is -2.73. The minimum atomic E-state index is -0.470. The van der Waals surface area contributed by atoms with E-state index in [-0.39, 0.29) is 29.2 Å². The van der Waals surface area contributed by atoms with Crippen molar-refractivity contribution in [1.29, 1.82) is 0 Å². The first-order chi connectivity index (χ1) is 13.1. The van der Waals surface area contributed by atoms with Crippen LogP contribution in [0.15, 0.2) is 24.3 Å². The van der Waals surface area contributed by atoms with E-state index in [1.165, 1.54) is 0 Å². The molecule has 1 unspecified atom stereocenters. The number of likely N-dealkylation sites (tertiary alicyclic amines) is 1. The molecule has 1 aromatic rings. The zero-order valence-corrected chi connectivity index (χ0v) is 16.7. The highest BCUT2D eigenvalue weighted by Gasteiger charge is 2.54. The van der Waals surface area contributed by atoms with Gasteiger partial charge in [-0.3, -0.25) is 14.9 Å². The van der Waals surface area contributed by atoms with E-state index >= 15 is 0 Å². The molecule has 1 spiro atoms. The molecule has 0 bridgehead atoms. The fourth-order valence-corrected chi connectivity index (χ4v) is 4.31. The van der Waals surface area contributed by atoms with Crippen molar-refractivity contribution in [1.82, 2.24) is 10.2 Å².